The molecule has 0 bridgehead atoms. The first-order valence-electron chi connectivity index (χ1n) is 7.60. The topological polar surface area (TPSA) is 38.3 Å². The Morgan fingerprint density at radius 2 is 1.90 bits per heavy atom. The maximum absolute atomic E-state index is 12.0. The maximum atomic E-state index is 12.0. The quantitative estimate of drug-likeness (QED) is 0.891. The molecule has 1 saturated heterocycles. The number of benzene rings is 1. The van der Waals surface area contributed by atoms with Crippen LogP contribution in [0.1, 0.15) is 38.7 Å². The van der Waals surface area contributed by atoms with Crippen LogP contribution in [0.2, 0.25) is 0 Å². The zero-order valence-electron chi connectivity index (χ0n) is 12.5. The molecule has 110 valence electrons. The van der Waals surface area contributed by atoms with E-state index in [0.29, 0.717) is 18.3 Å². The number of hydrogen-bond acceptors (Lipinski definition) is 2. The summed E-state index contributed by atoms with van der Waals surface area (Å²) in [6, 6.07) is 8.20. The van der Waals surface area contributed by atoms with Crippen molar-refractivity contribution >= 4 is 11.6 Å². The molecule has 1 aliphatic heterocycles. The molecule has 0 spiro atoms. The number of nitrogens with one attached hydrogen (secondary N) is 1. The van der Waals surface area contributed by atoms with Gasteiger partial charge in [0.1, 0.15) is 0 Å². The number of ether oxygens (including phenoxy) is 1. The molecule has 1 amide bonds. The molecule has 1 aliphatic rings. The summed E-state index contributed by atoms with van der Waals surface area (Å²) in [7, 11) is 0. The Labute approximate surface area is 121 Å². The SMILES string of the molecule is CC(C)Cc1ccc(NC(=O)CC2CCOCC2)cc1. The van der Waals surface area contributed by atoms with E-state index in [1.165, 1.54) is 5.56 Å². The van der Waals surface area contributed by atoms with E-state index >= 15 is 0 Å². The first kappa shape index (κ1) is 15.0. The Balaban J connectivity index is 1.81. The van der Waals surface area contributed by atoms with Gasteiger partial charge in [-0.1, -0.05) is 26.0 Å². The van der Waals surface area contributed by atoms with Crippen LogP contribution in [0.3, 0.4) is 0 Å². The molecule has 1 heterocycles. The normalized spacial score (nSPS) is 16.4. The molecule has 20 heavy (non-hydrogen) atoms. The van der Waals surface area contributed by atoms with E-state index in [0.717, 1.165) is 38.2 Å². The lowest BCUT2D eigenvalue weighted by Crippen LogP contribution is -2.22. The summed E-state index contributed by atoms with van der Waals surface area (Å²) < 4.78 is 5.31. The molecule has 0 unspecified atom stereocenters. The molecule has 0 saturated carbocycles. The number of carbonyl (C=O) groups is 1. The maximum Gasteiger partial charge on any atom is 0.224 e. The van der Waals surface area contributed by atoms with E-state index in [2.05, 4.69) is 31.3 Å². The smallest absolute Gasteiger partial charge is 0.224 e. The highest BCUT2D eigenvalue weighted by Crippen LogP contribution is 2.19. The van der Waals surface area contributed by atoms with Gasteiger partial charge in [0.2, 0.25) is 5.91 Å². The van der Waals surface area contributed by atoms with Gasteiger partial charge in [-0.3, -0.25) is 4.79 Å². The molecular weight excluding hydrogens is 250 g/mol. The van der Waals surface area contributed by atoms with E-state index in [9.17, 15) is 4.79 Å². The Hall–Kier alpha value is -1.35. The summed E-state index contributed by atoms with van der Waals surface area (Å²) in [6.45, 7) is 6.01. The number of carbonyl (C=O) groups excluding carboxylic acids is 1. The van der Waals surface area contributed by atoms with Gasteiger partial charge >= 0.3 is 0 Å². The number of hydrogen-bond donors (Lipinski definition) is 1. The fraction of sp³-hybridized carbons (Fsp3) is 0.588. The van der Waals surface area contributed by atoms with Gasteiger partial charge in [-0.2, -0.15) is 0 Å². The van der Waals surface area contributed by atoms with Crippen LogP contribution in [-0.2, 0) is 16.0 Å². The van der Waals surface area contributed by atoms with Gasteiger partial charge in [-0.15, -0.1) is 0 Å². The van der Waals surface area contributed by atoms with Crippen LogP contribution in [0.5, 0.6) is 0 Å². The minimum absolute atomic E-state index is 0.119. The van der Waals surface area contributed by atoms with Crippen molar-refractivity contribution in [2.75, 3.05) is 18.5 Å². The van der Waals surface area contributed by atoms with Gasteiger partial charge in [-0.25, -0.2) is 0 Å². The molecule has 0 aromatic heterocycles. The molecule has 1 aromatic carbocycles. The Kier molecular flexibility index (Phi) is 5.60. The summed E-state index contributed by atoms with van der Waals surface area (Å²) in [5.74, 6) is 1.25. The Morgan fingerprint density at radius 3 is 2.50 bits per heavy atom. The van der Waals surface area contributed by atoms with Crippen LogP contribution in [0, 0.1) is 11.8 Å². The summed E-state index contributed by atoms with van der Waals surface area (Å²) in [6.07, 6.45) is 3.69. The van der Waals surface area contributed by atoms with Crippen LogP contribution < -0.4 is 5.32 Å². The molecule has 3 nitrogen and oxygen atoms in total. The predicted molar refractivity (Wildman–Crippen MR) is 81.8 cm³/mol. The first-order chi connectivity index (χ1) is 9.63. The summed E-state index contributed by atoms with van der Waals surface area (Å²) >= 11 is 0. The predicted octanol–water partition coefficient (Wildman–Crippen LogP) is 3.64. The fourth-order valence-electron chi connectivity index (χ4n) is 2.62. The van der Waals surface area contributed by atoms with Crippen molar-refractivity contribution in [1.29, 1.82) is 0 Å². The van der Waals surface area contributed by atoms with E-state index in [1.807, 2.05) is 12.1 Å². The monoisotopic (exact) mass is 275 g/mol. The molecule has 0 aliphatic carbocycles. The van der Waals surface area contributed by atoms with E-state index < -0.39 is 0 Å². The summed E-state index contributed by atoms with van der Waals surface area (Å²) in [5.41, 5.74) is 2.22. The number of anilines is 1. The third-order valence-electron chi connectivity index (χ3n) is 3.70. The van der Waals surface area contributed by atoms with Crippen LogP contribution in [0.25, 0.3) is 0 Å². The van der Waals surface area contributed by atoms with Crippen LogP contribution >= 0.6 is 0 Å². The second kappa shape index (κ2) is 7.44. The fourth-order valence-corrected chi connectivity index (χ4v) is 2.62. The Morgan fingerprint density at radius 1 is 1.25 bits per heavy atom. The zero-order chi connectivity index (χ0) is 14.4. The highest BCUT2D eigenvalue weighted by Gasteiger charge is 2.17. The van der Waals surface area contributed by atoms with Crippen molar-refractivity contribution in [2.24, 2.45) is 11.8 Å². The largest absolute Gasteiger partial charge is 0.381 e. The minimum atomic E-state index is 0.119. The van der Waals surface area contributed by atoms with E-state index in [4.69, 9.17) is 4.74 Å². The van der Waals surface area contributed by atoms with Crippen molar-refractivity contribution in [3.8, 4) is 0 Å². The average molecular weight is 275 g/mol. The van der Waals surface area contributed by atoms with Gasteiger partial charge < -0.3 is 10.1 Å². The summed E-state index contributed by atoms with van der Waals surface area (Å²) in [4.78, 5) is 12.0. The molecule has 0 atom stereocenters. The van der Waals surface area contributed by atoms with Gasteiger partial charge in [-0.05, 0) is 48.8 Å². The lowest BCUT2D eigenvalue weighted by Gasteiger charge is -2.21. The zero-order valence-corrected chi connectivity index (χ0v) is 12.5. The molecule has 1 aromatic rings. The molecule has 1 fully saturated rings. The van der Waals surface area contributed by atoms with Crippen molar-refractivity contribution in [2.45, 2.75) is 39.5 Å². The average Bonchev–Trinajstić information content (AvgIpc) is 2.41. The van der Waals surface area contributed by atoms with Crippen LogP contribution in [-0.4, -0.2) is 19.1 Å². The lowest BCUT2D eigenvalue weighted by atomic mass is 9.96. The molecule has 1 N–H and O–H groups in total. The van der Waals surface area contributed by atoms with Crippen molar-refractivity contribution in [3.05, 3.63) is 29.8 Å². The van der Waals surface area contributed by atoms with Gasteiger partial charge in [0.25, 0.3) is 0 Å². The van der Waals surface area contributed by atoms with Crippen LogP contribution in [0.4, 0.5) is 5.69 Å². The van der Waals surface area contributed by atoms with Gasteiger partial charge in [0, 0.05) is 25.3 Å². The van der Waals surface area contributed by atoms with Crippen LogP contribution in [0.15, 0.2) is 24.3 Å². The first-order valence-corrected chi connectivity index (χ1v) is 7.60. The number of rotatable bonds is 5. The lowest BCUT2D eigenvalue weighted by molar-refractivity contribution is -0.117. The standard InChI is InChI=1S/C17H25NO2/c1-13(2)11-14-3-5-16(6-4-14)18-17(19)12-15-7-9-20-10-8-15/h3-6,13,15H,7-12H2,1-2H3,(H,18,19). The van der Waals surface area contributed by atoms with Gasteiger partial charge in [0.05, 0.1) is 0 Å². The molecular formula is C17H25NO2. The highest BCUT2D eigenvalue weighted by molar-refractivity contribution is 5.90. The highest BCUT2D eigenvalue weighted by atomic mass is 16.5. The minimum Gasteiger partial charge on any atom is -0.381 e. The molecule has 3 heteroatoms. The Bertz CT molecular complexity index is 419. The second-order valence-electron chi connectivity index (χ2n) is 6.10. The summed E-state index contributed by atoms with van der Waals surface area (Å²) in [5, 5.41) is 2.99. The third-order valence-corrected chi connectivity index (χ3v) is 3.70. The van der Waals surface area contributed by atoms with Crippen molar-refractivity contribution in [1.82, 2.24) is 0 Å². The molecule has 0 radical (unpaired) electrons. The molecule has 2 rings (SSSR count). The third kappa shape index (κ3) is 4.97. The van der Waals surface area contributed by atoms with Gasteiger partial charge in [0.15, 0.2) is 0 Å². The van der Waals surface area contributed by atoms with Crippen molar-refractivity contribution in [3.63, 3.8) is 0 Å². The number of amides is 1. The van der Waals surface area contributed by atoms with Crippen molar-refractivity contribution < 1.29 is 9.53 Å². The van der Waals surface area contributed by atoms with E-state index in [1.54, 1.807) is 0 Å². The second-order valence-corrected chi connectivity index (χ2v) is 6.10. The van der Waals surface area contributed by atoms with E-state index in [-0.39, 0.29) is 5.91 Å².